The summed E-state index contributed by atoms with van der Waals surface area (Å²) in [6, 6.07) is 7.53. The Hall–Kier alpha value is -2.65. The molecule has 6 heteroatoms. The number of carboxylic acid groups (broad SMARTS) is 1. The van der Waals surface area contributed by atoms with Crippen LogP contribution in [0.2, 0.25) is 0 Å². The number of rotatable bonds is 6. The van der Waals surface area contributed by atoms with Crippen LogP contribution in [0.15, 0.2) is 29.8 Å². The van der Waals surface area contributed by atoms with Gasteiger partial charge in [0, 0.05) is 7.11 Å². The van der Waals surface area contributed by atoms with Crippen LogP contribution in [-0.2, 0) is 14.3 Å². The summed E-state index contributed by atoms with van der Waals surface area (Å²) < 4.78 is 9.55. The number of hydrogen-bond donors (Lipinski definition) is 1. The summed E-state index contributed by atoms with van der Waals surface area (Å²) in [5, 5.41) is 17.7. The lowest BCUT2D eigenvalue weighted by molar-refractivity contribution is -0.139. The maximum Gasteiger partial charge on any atom is 0.348 e. The van der Waals surface area contributed by atoms with Gasteiger partial charge < -0.3 is 14.6 Å². The smallest absolute Gasteiger partial charge is 0.348 e. The second-order valence-corrected chi connectivity index (χ2v) is 3.73. The molecule has 0 aliphatic heterocycles. The lowest BCUT2D eigenvalue weighted by Crippen LogP contribution is -2.11. The average molecular weight is 275 g/mol. The van der Waals surface area contributed by atoms with Gasteiger partial charge in [0.2, 0.25) is 0 Å². The van der Waals surface area contributed by atoms with E-state index in [1.54, 1.807) is 6.07 Å². The molecule has 0 aliphatic carbocycles. The first-order valence-corrected chi connectivity index (χ1v) is 5.69. The van der Waals surface area contributed by atoms with Crippen molar-refractivity contribution in [2.75, 3.05) is 20.3 Å². The van der Waals surface area contributed by atoms with Crippen LogP contribution in [0, 0.1) is 11.3 Å². The van der Waals surface area contributed by atoms with Gasteiger partial charge in [0.15, 0.2) is 0 Å². The SMILES string of the molecule is COCCOC(=O)/C(C#N)=C/c1ccc(C(=O)O)cc1. The van der Waals surface area contributed by atoms with Gasteiger partial charge in [-0.15, -0.1) is 0 Å². The monoisotopic (exact) mass is 275 g/mol. The van der Waals surface area contributed by atoms with Gasteiger partial charge in [0.25, 0.3) is 0 Å². The molecular formula is C14H13NO5. The quantitative estimate of drug-likeness (QED) is 0.365. The Balaban J connectivity index is 2.81. The van der Waals surface area contributed by atoms with Crippen molar-refractivity contribution in [2.24, 2.45) is 0 Å². The molecule has 104 valence electrons. The summed E-state index contributed by atoms with van der Waals surface area (Å²) in [5.41, 5.74) is 0.503. The van der Waals surface area contributed by atoms with Gasteiger partial charge in [0.05, 0.1) is 12.2 Å². The van der Waals surface area contributed by atoms with Gasteiger partial charge in [0.1, 0.15) is 18.2 Å². The number of hydrogen-bond acceptors (Lipinski definition) is 5. The first kappa shape index (κ1) is 15.4. The Morgan fingerprint density at radius 3 is 2.45 bits per heavy atom. The highest BCUT2D eigenvalue weighted by atomic mass is 16.6. The van der Waals surface area contributed by atoms with Crippen LogP contribution in [0.4, 0.5) is 0 Å². The van der Waals surface area contributed by atoms with Crippen LogP contribution >= 0.6 is 0 Å². The van der Waals surface area contributed by atoms with E-state index in [2.05, 4.69) is 0 Å². The topological polar surface area (TPSA) is 96.6 Å². The van der Waals surface area contributed by atoms with Crippen molar-refractivity contribution in [2.45, 2.75) is 0 Å². The third-order valence-electron chi connectivity index (χ3n) is 2.33. The summed E-state index contributed by atoms with van der Waals surface area (Å²) in [4.78, 5) is 22.3. The summed E-state index contributed by atoms with van der Waals surface area (Å²) in [5.74, 6) is -1.79. The van der Waals surface area contributed by atoms with Crippen LogP contribution in [0.25, 0.3) is 6.08 Å². The lowest BCUT2D eigenvalue weighted by atomic mass is 10.1. The molecule has 0 bridgehead atoms. The van der Waals surface area contributed by atoms with Crippen LogP contribution in [0.3, 0.4) is 0 Å². The van der Waals surface area contributed by atoms with E-state index in [1.165, 1.54) is 37.5 Å². The molecule has 1 aromatic carbocycles. The summed E-state index contributed by atoms with van der Waals surface area (Å²) in [6.07, 6.45) is 1.33. The minimum absolute atomic E-state index is 0.0618. The Morgan fingerprint density at radius 2 is 1.95 bits per heavy atom. The van der Waals surface area contributed by atoms with E-state index >= 15 is 0 Å². The van der Waals surface area contributed by atoms with E-state index in [1.807, 2.05) is 0 Å². The molecule has 0 unspecified atom stereocenters. The van der Waals surface area contributed by atoms with E-state index in [4.69, 9.17) is 19.8 Å². The van der Waals surface area contributed by atoms with Crippen molar-refractivity contribution >= 4 is 18.0 Å². The minimum atomic E-state index is -1.04. The van der Waals surface area contributed by atoms with Crippen molar-refractivity contribution in [3.63, 3.8) is 0 Å². The average Bonchev–Trinajstić information content (AvgIpc) is 2.45. The van der Waals surface area contributed by atoms with Crippen LogP contribution < -0.4 is 0 Å². The van der Waals surface area contributed by atoms with Gasteiger partial charge in [-0.25, -0.2) is 9.59 Å². The van der Waals surface area contributed by atoms with Crippen LogP contribution in [0.1, 0.15) is 15.9 Å². The molecule has 1 N–H and O–H groups in total. The number of nitrogens with zero attached hydrogens (tertiary/aromatic N) is 1. The summed E-state index contributed by atoms with van der Waals surface area (Å²) in [6.45, 7) is 0.310. The lowest BCUT2D eigenvalue weighted by Gasteiger charge is -2.03. The predicted octanol–water partition coefficient (Wildman–Crippen LogP) is 1.48. The molecule has 0 saturated carbocycles. The fraction of sp³-hybridized carbons (Fsp3) is 0.214. The molecule has 1 aromatic rings. The highest BCUT2D eigenvalue weighted by molar-refractivity contribution is 5.98. The zero-order chi connectivity index (χ0) is 15.0. The third-order valence-corrected chi connectivity index (χ3v) is 2.33. The van der Waals surface area contributed by atoms with Gasteiger partial charge >= 0.3 is 11.9 Å². The predicted molar refractivity (Wildman–Crippen MR) is 69.8 cm³/mol. The second kappa shape index (κ2) is 7.71. The molecule has 0 spiro atoms. The number of nitriles is 1. The van der Waals surface area contributed by atoms with E-state index in [-0.39, 0.29) is 24.4 Å². The maximum atomic E-state index is 11.6. The number of methoxy groups -OCH3 is 1. The Bertz CT molecular complexity index is 554. The number of carbonyl (C=O) groups is 2. The van der Waals surface area contributed by atoms with E-state index in [0.717, 1.165) is 0 Å². The van der Waals surface area contributed by atoms with E-state index < -0.39 is 11.9 Å². The first-order chi connectivity index (χ1) is 9.58. The zero-order valence-corrected chi connectivity index (χ0v) is 10.8. The van der Waals surface area contributed by atoms with Crippen molar-refractivity contribution in [1.82, 2.24) is 0 Å². The fourth-order valence-electron chi connectivity index (χ4n) is 1.32. The zero-order valence-electron chi connectivity index (χ0n) is 10.8. The molecule has 1 rings (SSSR count). The van der Waals surface area contributed by atoms with Crippen molar-refractivity contribution < 1.29 is 24.2 Å². The number of carboxylic acids is 1. The molecular weight excluding hydrogens is 262 g/mol. The third kappa shape index (κ3) is 4.55. The number of benzene rings is 1. The maximum absolute atomic E-state index is 11.6. The van der Waals surface area contributed by atoms with Crippen molar-refractivity contribution in [3.8, 4) is 6.07 Å². The number of esters is 1. The van der Waals surface area contributed by atoms with Crippen LogP contribution in [0.5, 0.6) is 0 Å². The van der Waals surface area contributed by atoms with E-state index in [9.17, 15) is 9.59 Å². The van der Waals surface area contributed by atoms with Crippen molar-refractivity contribution in [1.29, 1.82) is 5.26 Å². The first-order valence-electron chi connectivity index (χ1n) is 5.69. The standard InChI is InChI=1S/C14H13NO5/c1-19-6-7-20-14(18)12(9-15)8-10-2-4-11(5-3-10)13(16)17/h2-5,8H,6-7H2,1H3,(H,16,17)/b12-8+. The number of carbonyl (C=O) groups excluding carboxylic acids is 1. The number of aromatic carboxylic acids is 1. The second-order valence-electron chi connectivity index (χ2n) is 3.73. The molecule has 0 aromatic heterocycles. The molecule has 6 nitrogen and oxygen atoms in total. The normalized spacial score (nSPS) is 10.7. The number of ether oxygens (including phenoxy) is 2. The van der Waals surface area contributed by atoms with Gasteiger partial charge in [-0.05, 0) is 23.8 Å². The van der Waals surface area contributed by atoms with Gasteiger partial charge in [-0.1, -0.05) is 12.1 Å². The molecule has 0 radical (unpaired) electrons. The summed E-state index contributed by atoms with van der Waals surface area (Å²) >= 11 is 0. The van der Waals surface area contributed by atoms with E-state index in [0.29, 0.717) is 5.56 Å². The highest BCUT2D eigenvalue weighted by Crippen LogP contribution is 2.10. The Morgan fingerprint density at radius 1 is 1.30 bits per heavy atom. The van der Waals surface area contributed by atoms with Gasteiger partial charge in [-0.3, -0.25) is 0 Å². The summed E-state index contributed by atoms with van der Waals surface area (Å²) in [7, 11) is 1.47. The molecule has 20 heavy (non-hydrogen) atoms. The molecule has 0 heterocycles. The Labute approximate surface area is 115 Å². The molecule has 0 saturated heterocycles. The van der Waals surface area contributed by atoms with Crippen LogP contribution in [-0.4, -0.2) is 37.4 Å². The van der Waals surface area contributed by atoms with Gasteiger partial charge in [-0.2, -0.15) is 5.26 Å². The fourth-order valence-corrected chi connectivity index (χ4v) is 1.32. The molecule has 0 atom stereocenters. The molecule has 0 aliphatic rings. The Kier molecular flexibility index (Phi) is 5.94. The molecule has 0 fully saturated rings. The highest BCUT2D eigenvalue weighted by Gasteiger charge is 2.10. The van der Waals surface area contributed by atoms with Crippen molar-refractivity contribution in [3.05, 3.63) is 41.0 Å². The molecule has 0 amide bonds. The largest absolute Gasteiger partial charge is 0.478 e. The minimum Gasteiger partial charge on any atom is -0.478 e.